The Kier molecular flexibility index (Phi) is 8.33. The van der Waals surface area contributed by atoms with Gasteiger partial charge in [0.15, 0.2) is 0 Å². The molecule has 0 N–H and O–H groups in total. The van der Waals surface area contributed by atoms with E-state index in [-0.39, 0.29) is 0 Å². The van der Waals surface area contributed by atoms with Crippen LogP contribution in [0.25, 0.3) is 0 Å². The first-order valence-electron chi connectivity index (χ1n) is 12.1. The summed E-state index contributed by atoms with van der Waals surface area (Å²) in [6.45, 7) is 11.6. The van der Waals surface area contributed by atoms with E-state index in [1.54, 1.807) is 10.8 Å². The Morgan fingerprint density at radius 2 is 1.23 bits per heavy atom. The van der Waals surface area contributed by atoms with E-state index in [9.17, 15) is 0 Å². The lowest BCUT2D eigenvalue weighted by Gasteiger charge is -2.22. The molecule has 1 aliphatic rings. The second-order valence-electron chi connectivity index (χ2n) is 9.24. The molecule has 0 aromatic heterocycles. The van der Waals surface area contributed by atoms with Crippen molar-refractivity contribution in [3.63, 3.8) is 0 Å². The minimum atomic E-state index is -0.450. The van der Waals surface area contributed by atoms with Crippen molar-refractivity contribution in [2.24, 2.45) is 5.92 Å². The number of hydrogen-bond donors (Lipinski definition) is 0. The van der Waals surface area contributed by atoms with Gasteiger partial charge >= 0.3 is 0 Å². The third-order valence-electron chi connectivity index (χ3n) is 6.95. The van der Waals surface area contributed by atoms with Crippen molar-refractivity contribution in [2.75, 3.05) is 0 Å². The van der Waals surface area contributed by atoms with Crippen LogP contribution in [-0.2, 0) is 12.8 Å². The molecule has 0 saturated heterocycles. The van der Waals surface area contributed by atoms with Crippen LogP contribution in [0.15, 0.2) is 70.9 Å². The predicted molar refractivity (Wildman–Crippen MR) is 136 cm³/mol. The Bertz CT molecular complexity index is 816. The molecule has 0 saturated carbocycles. The van der Waals surface area contributed by atoms with Gasteiger partial charge in [0.2, 0.25) is 0 Å². The molecule has 1 atom stereocenters. The molecule has 0 radical (unpaired) electrons. The quantitative estimate of drug-likeness (QED) is 0.352. The Labute approximate surface area is 187 Å². The highest BCUT2D eigenvalue weighted by Crippen LogP contribution is 2.35. The summed E-state index contributed by atoms with van der Waals surface area (Å²) >= 11 is 0. The highest BCUT2D eigenvalue weighted by molar-refractivity contribution is 6.49. The summed E-state index contributed by atoms with van der Waals surface area (Å²) in [5.74, 6) is 0.617. The average Bonchev–Trinajstić information content (AvgIpc) is 3.01. The van der Waals surface area contributed by atoms with Crippen LogP contribution in [0.3, 0.4) is 0 Å². The van der Waals surface area contributed by atoms with Crippen molar-refractivity contribution in [3.8, 4) is 0 Å². The van der Waals surface area contributed by atoms with Crippen molar-refractivity contribution in [1.82, 2.24) is 0 Å². The van der Waals surface area contributed by atoms with Gasteiger partial charge in [0.25, 0.3) is 0 Å². The number of aryl methyl sites for hydroxylation is 2. The SMILES string of the molecule is CCCCc1ccc(C([SiH2]C2=C(C)C(C)=CC2C)c2ccc(CCCC)cc2)cc1. The second kappa shape index (κ2) is 11.0. The lowest BCUT2D eigenvalue weighted by Crippen LogP contribution is -2.16. The number of benzene rings is 2. The zero-order chi connectivity index (χ0) is 21.5. The van der Waals surface area contributed by atoms with E-state index in [4.69, 9.17) is 0 Å². The van der Waals surface area contributed by atoms with Gasteiger partial charge in [-0.2, -0.15) is 0 Å². The van der Waals surface area contributed by atoms with Crippen molar-refractivity contribution < 1.29 is 0 Å². The smallest absolute Gasteiger partial charge is 0.0639 e. The molecule has 0 amide bonds. The fraction of sp³-hybridized carbons (Fsp3) is 0.448. The first-order valence-corrected chi connectivity index (χ1v) is 13.6. The summed E-state index contributed by atoms with van der Waals surface area (Å²) in [6.07, 6.45) is 9.97. The molecule has 0 spiro atoms. The molecule has 0 aliphatic heterocycles. The molecule has 0 bridgehead atoms. The highest BCUT2D eigenvalue weighted by Gasteiger charge is 2.24. The van der Waals surface area contributed by atoms with Gasteiger partial charge in [0, 0.05) is 5.54 Å². The van der Waals surface area contributed by atoms with Crippen LogP contribution in [0.1, 0.15) is 88.1 Å². The highest BCUT2D eigenvalue weighted by atomic mass is 28.2. The Morgan fingerprint density at radius 1 is 0.767 bits per heavy atom. The summed E-state index contributed by atoms with van der Waals surface area (Å²) in [5, 5.41) is 1.75. The molecule has 3 rings (SSSR count). The van der Waals surface area contributed by atoms with Crippen molar-refractivity contribution in [1.29, 1.82) is 0 Å². The second-order valence-corrected chi connectivity index (χ2v) is 11.2. The van der Waals surface area contributed by atoms with Gasteiger partial charge in [-0.25, -0.2) is 0 Å². The van der Waals surface area contributed by atoms with Gasteiger partial charge in [0.1, 0.15) is 0 Å². The molecular formula is C29H40Si. The molecule has 0 fully saturated rings. The van der Waals surface area contributed by atoms with E-state index in [1.807, 2.05) is 0 Å². The van der Waals surface area contributed by atoms with E-state index in [1.165, 1.54) is 66.4 Å². The van der Waals surface area contributed by atoms with Crippen molar-refractivity contribution in [2.45, 2.75) is 78.7 Å². The van der Waals surface area contributed by atoms with Crippen LogP contribution >= 0.6 is 0 Å². The van der Waals surface area contributed by atoms with Crippen LogP contribution < -0.4 is 0 Å². The van der Waals surface area contributed by atoms with Crippen molar-refractivity contribution >= 4 is 9.52 Å². The van der Waals surface area contributed by atoms with Gasteiger partial charge in [-0.1, -0.05) is 105 Å². The minimum Gasteiger partial charge on any atom is -0.0774 e. The summed E-state index contributed by atoms with van der Waals surface area (Å²) in [5.41, 5.74) is 9.63. The fourth-order valence-corrected chi connectivity index (χ4v) is 7.31. The van der Waals surface area contributed by atoms with Gasteiger partial charge in [-0.15, -0.1) is 0 Å². The number of rotatable bonds is 10. The predicted octanol–water partition coefficient (Wildman–Crippen LogP) is 7.50. The Hall–Kier alpha value is -1.86. The fourth-order valence-electron chi connectivity index (χ4n) is 4.78. The van der Waals surface area contributed by atoms with Gasteiger partial charge in [0.05, 0.1) is 9.52 Å². The minimum absolute atomic E-state index is 0.450. The lowest BCUT2D eigenvalue weighted by molar-refractivity contribution is 0.794. The lowest BCUT2D eigenvalue weighted by atomic mass is 9.99. The first-order chi connectivity index (χ1) is 14.5. The Morgan fingerprint density at radius 3 is 1.60 bits per heavy atom. The molecular weight excluding hydrogens is 376 g/mol. The topological polar surface area (TPSA) is 0 Å². The molecule has 160 valence electrons. The van der Waals surface area contributed by atoms with Crippen LogP contribution in [0.5, 0.6) is 0 Å². The van der Waals surface area contributed by atoms with E-state index in [0.717, 1.165) is 0 Å². The molecule has 0 heterocycles. The summed E-state index contributed by atoms with van der Waals surface area (Å²) < 4.78 is 0. The van der Waals surface area contributed by atoms with Gasteiger partial charge in [-0.05, 0) is 67.7 Å². The van der Waals surface area contributed by atoms with E-state index in [2.05, 4.69) is 89.2 Å². The van der Waals surface area contributed by atoms with Gasteiger partial charge < -0.3 is 0 Å². The summed E-state index contributed by atoms with van der Waals surface area (Å²) in [7, 11) is -0.450. The standard InChI is InChI=1S/C29H40Si/c1-6-8-10-24-12-16-26(17-13-24)29(30-28-22(4)20-21(3)23(28)5)27-18-14-25(15-19-27)11-9-7-2/h12-20,22,29H,6-11,30H2,1-5H3. The average molecular weight is 417 g/mol. The monoisotopic (exact) mass is 416 g/mol. The molecule has 0 nitrogen and oxygen atoms in total. The number of unbranched alkanes of at least 4 members (excludes halogenated alkanes) is 2. The molecule has 30 heavy (non-hydrogen) atoms. The number of allylic oxidation sites excluding steroid dienone is 4. The maximum absolute atomic E-state index is 2.47. The number of hydrogen-bond acceptors (Lipinski definition) is 0. The van der Waals surface area contributed by atoms with E-state index < -0.39 is 9.52 Å². The van der Waals surface area contributed by atoms with Crippen LogP contribution in [0, 0.1) is 5.92 Å². The molecule has 1 unspecified atom stereocenters. The molecule has 2 aromatic carbocycles. The van der Waals surface area contributed by atoms with Crippen LogP contribution in [0.2, 0.25) is 0 Å². The third kappa shape index (κ3) is 5.63. The van der Waals surface area contributed by atoms with Gasteiger partial charge in [-0.3, -0.25) is 0 Å². The van der Waals surface area contributed by atoms with Crippen molar-refractivity contribution in [3.05, 3.63) is 93.2 Å². The normalized spacial score (nSPS) is 16.9. The van der Waals surface area contributed by atoms with Crippen LogP contribution in [-0.4, -0.2) is 9.52 Å². The molecule has 1 aliphatic carbocycles. The maximum atomic E-state index is 2.47. The Balaban J connectivity index is 1.89. The molecule has 2 aromatic rings. The van der Waals surface area contributed by atoms with E-state index in [0.29, 0.717) is 11.5 Å². The van der Waals surface area contributed by atoms with E-state index >= 15 is 0 Å². The molecule has 1 heteroatoms. The zero-order valence-electron chi connectivity index (χ0n) is 19.8. The third-order valence-corrected chi connectivity index (χ3v) is 9.91. The zero-order valence-corrected chi connectivity index (χ0v) is 21.2. The first kappa shape index (κ1) is 22.8. The summed E-state index contributed by atoms with van der Waals surface area (Å²) in [4.78, 5) is 0. The largest absolute Gasteiger partial charge is 0.0774 e. The summed E-state index contributed by atoms with van der Waals surface area (Å²) in [6, 6.07) is 19.2. The van der Waals surface area contributed by atoms with Crippen LogP contribution in [0.4, 0.5) is 0 Å². The maximum Gasteiger partial charge on any atom is 0.0639 e.